The van der Waals surface area contributed by atoms with Crippen LogP contribution in [0, 0.1) is 0 Å². The normalized spacial score (nSPS) is 10.0. The Bertz CT molecular complexity index is 799. The van der Waals surface area contributed by atoms with Crippen molar-refractivity contribution in [3.8, 4) is 5.88 Å². The van der Waals surface area contributed by atoms with Crippen LogP contribution >= 0.6 is 0 Å². The molecular formula is C21H17NO2. The van der Waals surface area contributed by atoms with Gasteiger partial charge in [-0.25, -0.2) is 9.78 Å². The predicted octanol–water partition coefficient (Wildman–Crippen LogP) is 4.51. The monoisotopic (exact) mass is 315 g/mol. The molecule has 118 valence electrons. The van der Waals surface area contributed by atoms with Crippen molar-refractivity contribution in [3.05, 3.63) is 102 Å². The van der Waals surface area contributed by atoms with Gasteiger partial charge in [-0.05, 0) is 29.7 Å². The van der Waals surface area contributed by atoms with E-state index in [0.29, 0.717) is 11.5 Å². The SMILES string of the molecule is CC(C(=O)Oc1ccccn1)=C(c1ccccc1)c1ccccc1. The summed E-state index contributed by atoms with van der Waals surface area (Å²) in [5.74, 6) is -0.112. The Balaban J connectivity index is 2.03. The van der Waals surface area contributed by atoms with Gasteiger partial charge in [-0.2, -0.15) is 0 Å². The van der Waals surface area contributed by atoms with Gasteiger partial charge in [0.15, 0.2) is 0 Å². The summed E-state index contributed by atoms with van der Waals surface area (Å²) in [5, 5.41) is 0. The molecule has 0 unspecified atom stereocenters. The van der Waals surface area contributed by atoms with Crippen LogP contribution in [0.5, 0.6) is 5.88 Å². The molecule has 3 rings (SSSR count). The van der Waals surface area contributed by atoms with Crippen LogP contribution < -0.4 is 4.74 Å². The summed E-state index contributed by atoms with van der Waals surface area (Å²) < 4.78 is 5.39. The molecule has 0 N–H and O–H groups in total. The zero-order valence-electron chi connectivity index (χ0n) is 13.3. The summed E-state index contributed by atoms with van der Waals surface area (Å²) in [6, 6.07) is 24.9. The Morgan fingerprint density at radius 3 is 1.83 bits per heavy atom. The Morgan fingerprint density at radius 2 is 1.33 bits per heavy atom. The second-order valence-corrected chi connectivity index (χ2v) is 5.29. The van der Waals surface area contributed by atoms with Crippen molar-refractivity contribution in [3.63, 3.8) is 0 Å². The summed E-state index contributed by atoms with van der Waals surface area (Å²) in [6.07, 6.45) is 1.59. The molecule has 0 radical (unpaired) electrons. The Hall–Kier alpha value is -3.20. The minimum Gasteiger partial charge on any atom is -0.404 e. The van der Waals surface area contributed by atoms with E-state index in [1.807, 2.05) is 60.7 Å². The third-order valence-electron chi connectivity index (χ3n) is 3.64. The molecule has 0 saturated heterocycles. The van der Waals surface area contributed by atoms with Crippen molar-refractivity contribution in [1.82, 2.24) is 4.98 Å². The number of carbonyl (C=O) groups is 1. The lowest BCUT2D eigenvalue weighted by molar-refractivity contribution is -0.130. The number of carbonyl (C=O) groups excluding carboxylic acids is 1. The van der Waals surface area contributed by atoms with Gasteiger partial charge >= 0.3 is 5.97 Å². The van der Waals surface area contributed by atoms with E-state index in [4.69, 9.17) is 4.74 Å². The van der Waals surface area contributed by atoms with E-state index in [1.54, 1.807) is 31.3 Å². The average Bonchev–Trinajstić information content (AvgIpc) is 2.64. The van der Waals surface area contributed by atoms with Crippen molar-refractivity contribution >= 4 is 11.5 Å². The smallest absolute Gasteiger partial charge is 0.341 e. The first-order valence-electron chi connectivity index (χ1n) is 7.70. The summed E-state index contributed by atoms with van der Waals surface area (Å²) in [5.41, 5.74) is 3.34. The van der Waals surface area contributed by atoms with Crippen LogP contribution in [0.2, 0.25) is 0 Å². The number of aromatic nitrogens is 1. The third-order valence-corrected chi connectivity index (χ3v) is 3.64. The zero-order valence-corrected chi connectivity index (χ0v) is 13.3. The van der Waals surface area contributed by atoms with E-state index in [1.165, 1.54) is 0 Å². The molecule has 2 aromatic carbocycles. The van der Waals surface area contributed by atoms with Gasteiger partial charge in [-0.15, -0.1) is 0 Å². The summed E-state index contributed by atoms with van der Waals surface area (Å²) in [7, 11) is 0. The van der Waals surface area contributed by atoms with Crippen molar-refractivity contribution in [2.24, 2.45) is 0 Å². The summed E-state index contributed by atoms with van der Waals surface area (Å²) in [4.78, 5) is 16.6. The lowest BCUT2D eigenvalue weighted by Gasteiger charge is -2.13. The fourth-order valence-electron chi connectivity index (χ4n) is 2.49. The van der Waals surface area contributed by atoms with Crippen molar-refractivity contribution < 1.29 is 9.53 Å². The van der Waals surface area contributed by atoms with E-state index >= 15 is 0 Å². The molecule has 0 aliphatic carbocycles. The quantitative estimate of drug-likeness (QED) is 0.525. The van der Waals surface area contributed by atoms with Crippen molar-refractivity contribution in [2.75, 3.05) is 0 Å². The number of ether oxygens (including phenoxy) is 1. The minimum absolute atomic E-state index is 0.294. The number of hydrogen-bond donors (Lipinski definition) is 0. The van der Waals surface area contributed by atoms with Gasteiger partial charge in [-0.3, -0.25) is 0 Å². The highest BCUT2D eigenvalue weighted by molar-refractivity contribution is 6.02. The molecule has 24 heavy (non-hydrogen) atoms. The Labute approximate surface area is 141 Å². The summed E-state index contributed by atoms with van der Waals surface area (Å²) in [6.45, 7) is 1.78. The fraction of sp³-hybridized carbons (Fsp3) is 0.0476. The molecule has 3 nitrogen and oxygen atoms in total. The topological polar surface area (TPSA) is 39.2 Å². The van der Waals surface area contributed by atoms with E-state index in [2.05, 4.69) is 4.98 Å². The molecule has 3 aromatic rings. The van der Waals surface area contributed by atoms with E-state index in [-0.39, 0.29) is 0 Å². The van der Waals surface area contributed by atoms with Gasteiger partial charge in [0.1, 0.15) is 0 Å². The molecule has 3 heteroatoms. The number of nitrogens with zero attached hydrogens (tertiary/aromatic N) is 1. The molecule has 0 spiro atoms. The first kappa shape index (κ1) is 15.7. The largest absolute Gasteiger partial charge is 0.404 e. The van der Waals surface area contributed by atoms with E-state index in [0.717, 1.165) is 16.7 Å². The van der Waals surface area contributed by atoms with Gasteiger partial charge in [0.25, 0.3) is 0 Å². The average molecular weight is 315 g/mol. The lowest BCUT2D eigenvalue weighted by Crippen LogP contribution is -2.12. The maximum absolute atomic E-state index is 12.6. The highest BCUT2D eigenvalue weighted by atomic mass is 16.5. The lowest BCUT2D eigenvalue weighted by atomic mass is 9.93. The molecule has 1 aromatic heterocycles. The van der Waals surface area contributed by atoms with Gasteiger partial charge in [0.2, 0.25) is 5.88 Å². The van der Waals surface area contributed by atoms with Crippen LogP contribution in [-0.4, -0.2) is 11.0 Å². The molecular weight excluding hydrogens is 298 g/mol. The second-order valence-electron chi connectivity index (χ2n) is 5.29. The number of esters is 1. The molecule has 0 amide bonds. The molecule has 0 aliphatic heterocycles. The number of hydrogen-bond acceptors (Lipinski definition) is 3. The van der Waals surface area contributed by atoms with Gasteiger partial charge < -0.3 is 4.74 Å². The van der Waals surface area contributed by atoms with Gasteiger partial charge in [0.05, 0.1) is 0 Å². The maximum Gasteiger partial charge on any atom is 0.341 e. The first-order chi connectivity index (χ1) is 11.8. The van der Waals surface area contributed by atoms with Gasteiger partial charge in [0, 0.05) is 17.8 Å². The van der Waals surface area contributed by atoms with Crippen LogP contribution in [-0.2, 0) is 4.79 Å². The first-order valence-corrected chi connectivity index (χ1v) is 7.70. The van der Waals surface area contributed by atoms with Crippen LogP contribution in [0.25, 0.3) is 5.57 Å². The number of pyridine rings is 1. The Kier molecular flexibility index (Phi) is 4.82. The standard InChI is InChI=1S/C21H17NO2/c1-16(21(23)24-19-14-8-9-15-22-19)20(17-10-4-2-5-11-17)18-12-6-3-7-13-18/h2-15H,1H3. The molecule has 1 heterocycles. The van der Waals surface area contributed by atoms with Crippen LogP contribution in [0.15, 0.2) is 90.6 Å². The minimum atomic E-state index is -0.406. The third kappa shape index (κ3) is 3.58. The maximum atomic E-state index is 12.6. The molecule has 0 bridgehead atoms. The van der Waals surface area contributed by atoms with Gasteiger partial charge in [-0.1, -0.05) is 66.7 Å². The van der Waals surface area contributed by atoms with Crippen LogP contribution in [0.3, 0.4) is 0 Å². The van der Waals surface area contributed by atoms with Crippen LogP contribution in [0.1, 0.15) is 18.1 Å². The molecule has 0 saturated carbocycles. The van der Waals surface area contributed by atoms with Crippen molar-refractivity contribution in [2.45, 2.75) is 6.92 Å². The number of benzene rings is 2. The second kappa shape index (κ2) is 7.38. The molecule has 0 fully saturated rings. The highest BCUT2D eigenvalue weighted by Gasteiger charge is 2.16. The van der Waals surface area contributed by atoms with E-state index in [9.17, 15) is 4.79 Å². The Morgan fingerprint density at radius 1 is 0.792 bits per heavy atom. The fourth-order valence-corrected chi connectivity index (χ4v) is 2.49. The highest BCUT2D eigenvalue weighted by Crippen LogP contribution is 2.27. The van der Waals surface area contributed by atoms with Crippen molar-refractivity contribution in [1.29, 1.82) is 0 Å². The zero-order chi connectivity index (χ0) is 16.8. The summed E-state index contributed by atoms with van der Waals surface area (Å²) >= 11 is 0. The molecule has 0 aliphatic rings. The van der Waals surface area contributed by atoms with Crippen LogP contribution in [0.4, 0.5) is 0 Å². The van der Waals surface area contributed by atoms with E-state index < -0.39 is 5.97 Å². The predicted molar refractivity (Wildman–Crippen MR) is 94.5 cm³/mol. The number of rotatable bonds is 4. The molecule has 0 atom stereocenters.